The van der Waals surface area contributed by atoms with Crippen LogP contribution in [-0.4, -0.2) is 18.0 Å². The van der Waals surface area contributed by atoms with Crippen LogP contribution in [0.3, 0.4) is 0 Å². The number of benzene rings is 1. The van der Waals surface area contributed by atoms with Crippen LogP contribution in [0, 0.1) is 0 Å². The smallest absolute Gasteiger partial charge is 0.0352 e. The highest BCUT2D eigenvalue weighted by atomic mass is 15.2. The number of rotatable bonds is 0. The van der Waals surface area contributed by atoms with E-state index < -0.39 is 0 Å². The standard InChI is InChI=1S/C12H16N2/c13-11-4-1-3-10-9(11)6-8-14-7-2-5-12(10)14/h1,3-4,12H,2,5-8,13H2. The normalized spacial score (nSPS) is 25.9. The maximum absolute atomic E-state index is 6.01. The van der Waals surface area contributed by atoms with E-state index in [-0.39, 0.29) is 0 Å². The number of hydrogen-bond donors (Lipinski definition) is 1. The molecule has 1 unspecified atom stereocenters. The molecular formula is C12H16N2. The van der Waals surface area contributed by atoms with Crippen molar-refractivity contribution in [3.63, 3.8) is 0 Å². The van der Waals surface area contributed by atoms with Gasteiger partial charge in [-0.1, -0.05) is 12.1 Å². The lowest BCUT2D eigenvalue weighted by atomic mass is 9.92. The molecule has 0 radical (unpaired) electrons. The van der Waals surface area contributed by atoms with Crippen molar-refractivity contribution in [2.24, 2.45) is 0 Å². The second-order valence-corrected chi connectivity index (χ2v) is 4.36. The van der Waals surface area contributed by atoms with Gasteiger partial charge in [0.25, 0.3) is 0 Å². The van der Waals surface area contributed by atoms with Crippen molar-refractivity contribution < 1.29 is 0 Å². The minimum absolute atomic E-state index is 0.669. The highest BCUT2D eigenvalue weighted by Gasteiger charge is 2.31. The van der Waals surface area contributed by atoms with Gasteiger partial charge in [-0.3, -0.25) is 4.90 Å². The first kappa shape index (κ1) is 8.30. The van der Waals surface area contributed by atoms with Gasteiger partial charge in [0.2, 0.25) is 0 Å². The number of fused-ring (bicyclic) bond motifs is 3. The zero-order valence-electron chi connectivity index (χ0n) is 8.37. The molecule has 2 aliphatic rings. The monoisotopic (exact) mass is 188 g/mol. The van der Waals surface area contributed by atoms with Gasteiger partial charge in [0.1, 0.15) is 0 Å². The molecule has 2 heteroatoms. The lowest BCUT2D eigenvalue weighted by Crippen LogP contribution is -2.31. The van der Waals surface area contributed by atoms with Crippen molar-refractivity contribution in [1.82, 2.24) is 4.90 Å². The van der Waals surface area contributed by atoms with Gasteiger partial charge in [0.05, 0.1) is 0 Å². The van der Waals surface area contributed by atoms with E-state index in [0.29, 0.717) is 6.04 Å². The lowest BCUT2D eigenvalue weighted by Gasteiger charge is -2.32. The quantitative estimate of drug-likeness (QED) is 0.631. The van der Waals surface area contributed by atoms with Gasteiger partial charge >= 0.3 is 0 Å². The Morgan fingerprint density at radius 3 is 3.14 bits per heavy atom. The maximum Gasteiger partial charge on any atom is 0.0352 e. The molecule has 1 fully saturated rings. The van der Waals surface area contributed by atoms with Crippen LogP contribution in [0.5, 0.6) is 0 Å². The summed E-state index contributed by atoms with van der Waals surface area (Å²) in [6.45, 7) is 2.48. The summed E-state index contributed by atoms with van der Waals surface area (Å²) in [7, 11) is 0. The van der Waals surface area contributed by atoms with E-state index in [1.165, 1.54) is 37.1 Å². The minimum Gasteiger partial charge on any atom is -0.398 e. The van der Waals surface area contributed by atoms with E-state index in [1.807, 2.05) is 6.07 Å². The summed E-state index contributed by atoms with van der Waals surface area (Å²) in [5.41, 5.74) is 9.91. The first-order valence-corrected chi connectivity index (χ1v) is 5.47. The Bertz CT molecular complexity index is 359. The molecule has 2 nitrogen and oxygen atoms in total. The predicted octanol–water partition coefficient (Wildman–Crippen LogP) is 1.96. The zero-order chi connectivity index (χ0) is 9.54. The summed E-state index contributed by atoms with van der Waals surface area (Å²) in [4.78, 5) is 2.60. The topological polar surface area (TPSA) is 29.3 Å². The molecule has 3 rings (SSSR count). The van der Waals surface area contributed by atoms with Crippen molar-refractivity contribution in [3.8, 4) is 0 Å². The number of anilines is 1. The third kappa shape index (κ3) is 1.07. The fourth-order valence-electron chi connectivity index (χ4n) is 2.93. The Morgan fingerprint density at radius 1 is 1.29 bits per heavy atom. The van der Waals surface area contributed by atoms with E-state index in [9.17, 15) is 0 Å². The third-order valence-corrected chi connectivity index (χ3v) is 3.62. The number of nitrogens with zero attached hydrogens (tertiary/aromatic N) is 1. The van der Waals surface area contributed by atoms with E-state index in [4.69, 9.17) is 5.73 Å². The lowest BCUT2D eigenvalue weighted by molar-refractivity contribution is 0.244. The van der Waals surface area contributed by atoms with Gasteiger partial charge in [0.15, 0.2) is 0 Å². The van der Waals surface area contributed by atoms with Crippen molar-refractivity contribution in [1.29, 1.82) is 0 Å². The summed E-state index contributed by atoms with van der Waals surface area (Å²) >= 11 is 0. The molecule has 0 spiro atoms. The third-order valence-electron chi connectivity index (χ3n) is 3.62. The Morgan fingerprint density at radius 2 is 2.21 bits per heavy atom. The van der Waals surface area contributed by atoms with Gasteiger partial charge in [-0.2, -0.15) is 0 Å². The van der Waals surface area contributed by atoms with Gasteiger partial charge in [-0.15, -0.1) is 0 Å². The fraction of sp³-hybridized carbons (Fsp3) is 0.500. The van der Waals surface area contributed by atoms with E-state index in [2.05, 4.69) is 17.0 Å². The highest BCUT2D eigenvalue weighted by molar-refractivity contribution is 5.53. The van der Waals surface area contributed by atoms with Crippen molar-refractivity contribution in [2.45, 2.75) is 25.3 Å². The molecule has 0 saturated carbocycles. The molecule has 74 valence electrons. The minimum atomic E-state index is 0.669. The van der Waals surface area contributed by atoms with Gasteiger partial charge in [-0.05, 0) is 43.0 Å². The molecule has 1 atom stereocenters. The number of hydrogen-bond acceptors (Lipinski definition) is 2. The highest BCUT2D eigenvalue weighted by Crippen LogP contribution is 2.38. The van der Waals surface area contributed by atoms with Crippen molar-refractivity contribution in [2.75, 3.05) is 18.8 Å². The van der Waals surface area contributed by atoms with Crippen LogP contribution in [0.15, 0.2) is 18.2 Å². The molecule has 2 aliphatic heterocycles. The second-order valence-electron chi connectivity index (χ2n) is 4.36. The zero-order valence-corrected chi connectivity index (χ0v) is 8.37. The number of nitrogens with two attached hydrogens (primary N) is 1. The molecule has 0 aliphatic carbocycles. The molecule has 0 aromatic heterocycles. The Hall–Kier alpha value is -1.02. The average Bonchev–Trinajstić information content (AvgIpc) is 2.66. The first-order chi connectivity index (χ1) is 6.86. The molecule has 1 aromatic carbocycles. The van der Waals surface area contributed by atoms with Gasteiger partial charge < -0.3 is 5.73 Å². The molecular weight excluding hydrogens is 172 g/mol. The Labute approximate surface area is 84.7 Å². The molecule has 0 amide bonds. The molecule has 2 N–H and O–H groups in total. The summed E-state index contributed by atoms with van der Waals surface area (Å²) in [6.07, 6.45) is 3.80. The SMILES string of the molecule is Nc1cccc2c1CCN1CCCC21. The second kappa shape index (κ2) is 2.99. The summed E-state index contributed by atoms with van der Waals surface area (Å²) in [6, 6.07) is 7.05. The fourth-order valence-corrected chi connectivity index (χ4v) is 2.93. The first-order valence-electron chi connectivity index (χ1n) is 5.47. The molecule has 1 saturated heterocycles. The van der Waals surface area contributed by atoms with Crippen LogP contribution in [-0.2, 0) is 6.42 Å². The van der Waals surface area contributed by atoms with E-state index in [0.717, 1.165) is 12.1 Å². The van der Waals surface area contributed by atoms with E-state index in [1.54, 1.807) is 0 Å². The van der Waals surface area contributed by atoms with Crippen LogP contribution in [0.1, 0.15) is 30.0 Å². The average molecular weight is 188 g/mol. The molecule has 1 aromatic rings. The van der Waals surface area contributed by atoms with Crippen LogP contribution < -0.4 is 5.73 Å². The van der Waals surface area contributed by atoms with E-state index >= 15 is 0 Å². The largest absolute Gasteiger partial charge is 0.398 e. The van der Waals surface area contributed by atoms with Crippen LogP contribution in [0.25, 0.3) is 0 Å². The summed E-state index contributed by atoms with van der Waals surface area (Å²) in [5.74, 6) is 0. The maximum atomic E-state index is 6.01. The van der Waals surface area contributed by atoms with Gasteiger partial charge in [0, 0.05) is 18.3 Å². The summed E-state index contributed by atoms with van der Waals surface area (Å²) in [5, 5.41) is 0. The summed E-state index contributed by atoms with van der Waals surface area (Å²) < 4.78 is 0. The van der Waals surface area contributed by atoms with Crippen molar-refractivity contribution in [3.05, 3.63) is 29.3 Å². The predicted molar refractivity (Wildman–Crippen MR) is 58.1 cm³/mol. The van der Waals surface area contributed by atoms with Gasteiger partial charge in [-0.25, -0.2) is 0 Å². The molecule has 14 heavy (non-hydrogen) atoms. The molecule has 2 heterocycles. The number of nitrogen functional groups attached to an aromatic ring is 1. The van der Waals surface area contributed by atoms with Crippen LogP contribution in [0.4, 0.5) is 5.69 Å². The van der Waals surface area contributed by atoms with Crippen LogP contribution in [0.2, 0.25) is 0 Å². The Kier molecular flexibility index (Phi) is 1.77. The van der Waals surface area contributed by atoms with Crippen LogP contribution >= 0.6 is 0 Å². The Balaban J connectivity index is 2.09. The van der Waals surface area contributed by atoms with Crippen molar-refractivity contribution >= 4 is 5.69 Å². The molecule has 0 bridgehead atoms.